The minimum Gasteiger partial charge on any atom is -0.462 e. The van der Waals surface area contributed by atoms with Gasteiger partial charge in [0.05, 0.1) is 26.4 Å². The summed E-state index contributed by atoms with van der Waals surface area (Å²) in [7, 11) is -9.91. The maximum absolute atomic E-state index is 13.1. The molecule has 3 N–H and O–H groups in total. The van der Waals surface area contributed by atoms with E-state index in [1.165, 1.54) is 257 Å². The van der Waals surface area contributed by atoms with E-state index < -0.39 is 97.5 Å². The average molecular weight is 1480 g/mol. The van der Waals surface area contributed by atoms with Crippen molar-refractivity contribution in [1.29, 1.82) is 0 Å². The Kier molecular flexibility index (Phi) is 73.5. The van der Waals surface area contributed by atoms with Crippen LogP contribution in [0, 0.1) is 5.92 Å². The van der Waals surface area contributed by atoms with E-state index in [0.717, 1.165) is 102 Å². The van der Waals surface area contributed by atoms with Crippen LogP contribution < -0.4 is 0 Å². The van der Waals surface area contributed by atoms with Crippen LogP contribution in [0.2, 0.25) is 0 Å². The predicted molar refractivity (Wildman–Crippen MR) is 414 cm³/mol. The SMILES string of the molecule is CCCCCCCCCCCCCCCCCCCCCCC(=O)OC[C@H](COP(=O)(O)OC[C@@H](O)COP(=O)(O)OC[C@@H](COC(=O)CCCCCCCCCC)OC(=O)CCCCCCCCCCCCC)OC(=O)CCCCCCCCCCCCCCCCCCCCC(C)CC. The number of carbonyl (C=O) groups is 4. The van der Waals surface area contributed by atoms with Crippen molar-refractivity contribution >= 4 is 39.5 Å². The summed E-state index contributed by atoms with van der Waals surface area (Å²) in [6.07, 6.45) is 66.8. The van der Waals surface area contributed by atoms with Crippen molar-refractivity contribution in [3.05, 3.63) is 0 Å². The highest BCUT2D eigenvalue weighted by Crippen LogP contribution is 2.45. The van der Waals surface area contributed by atoms with Crippen molar-refractivity contribution in [2.45, 2.75) is 457 Å². The summed E-state index contributed by atoms with van der Waals surface area (Å²) in [5.41, 5.74) is 0. The molecular formula is C82H160O17P2. The topological polar surface area (TPSA) is 237 Å². The smallest absolute Gasteiger partial charge is 0.462 e. The molecule has 0 aromatic carbocycles. The summed E-state index contributed by atoms with van der Waals surface area (Å²) in [4.78, 5) is 72.9. The van der Waals surface area contributed by atoms with Gasteiger partial charge < -0.3 is 33.8 Å². The molecule has 0 spiro atoms. The second-order valence-corrected chi connectivity index (χ2v) is 32.7. The van der Waals surface area contributed by atoms with Gasteiger partial charge in [0.2, 0.25) is 0 Å². The standard InChI is InChI=1S/C82H160O17P2/c1-6-10-13-16-19-22-24-25-26-27-28-29-33-36-39-43-46-51-56-61-66-80(85)93-72-78(99-82(87)68-63-58-53-48-44-40-37-34-31-30-32-35-38-42-45-49-54-59-64-75(5)9-4)74-97-101(90,91)95-70-76(83)69-94-100(88,89)96-73-77(71-92-79(84)65-60-55-50-21-18-15-12-8-3)98-81(86)67-62-57-52-47-41-23-20-17-14-11-7-2/h75-78,83H,6-74H2,1-5H3,(H,88,89)(H,90,91)/t75?,76-,77+,78+/m0/s1. The van der Waals surface area contributed by atoms with E-state index in [0.29, 0.717) is 25.7 Å². The third-order valence-electron chi connectivity index (χ3n) is 19.6. The van der Waals surface area contributed by atoms with Gasteiger partial charge in [0.15, 0.2) is 12.2 Å². The molecule has 0 saturated carbocycles. The van der Waals surface area contributed by atoms with E-state index in [-0.39, 0.29) is 25.7 Å². The number of carbonyl (C=O) groups excluding carboxylic acids is 4. The van der Waals surface area contributed by atoms with E-state index in [2.05, 4.69) is 34.6 Å². The van der Waals surface area contributed by atoms with Crippen LogP contribution in [0.3, 0.4) is 0 Å². The van der Waals surface area contributed by atoms with Gasteiger partial charge in [-0.15, -0.1) is 0 Å². The second kappa shape index (κ2) is 74.9. The maximum Gasteiger partial charge on any atom is 0.472 e. The zero-order valence-corrected chi connectivity index (χ0v) is 67.8. The molecule has 0 radical (unpaired) electrons. The van der Waals surface area contributed by atoms with Gasteiger partial charge in [0.1, 0.15) is 19.3 Å². The van der Waals surface area contributed by atoms with Gasteiger partial charge >= 0.3 is 39.5 Å². The molecular weight excluding hydrogens is 1320 g/mol. The summed E-state index contributed by atoms with van der Waals surface area (Å²) < 4.78 is 68.6. The van der Waals surface area contributed by atoms with Crippen LogP contribution in [0.1, 0.15) is 439 Å². The van der Waals surface area contributed by atoms with Crippen molar-refractivity contribution in [3.63, 3.8) is 0 Å². The number of hydrogen-bond acceptors (Lipinski definition) is 15. The highest BCUT2D eigenvalue weighted by molar-refractivity contribution is 7.47. The molecule has 19 heteroatoms. The lowest BCUT2D eigenvalue weighted by atomic mass is 9.99. The zero-order chi connectivity index (χ0) is 74.1. The molecule has 0 aromatic heterocycles. The van der Waals surface area contributed by atoms with Gasteiger partial charge in [0.25, 0.3) is 0 Å². The first kappa shape index (κ1) is 99.1. The first-order valence-corrected chi connectivity index (χ1v) is 45.7. The fourth-order valence-corrected chi connectivity index (χ4v) is 14.3. The molecule has 0 saturated heterocycles. The quantitative estimate of drug-likeness (QED) is 0.0222. The molecule has 0 rings (SSSR count). The maximum atomic E-state index is 13.1. The third-order valence-corrected chi connectivity index (χ3v) is 21.5. The molecule has 0 aliphatic heterocycles. The molecule has 0 amide bonds. The summed E-state index contributed by atoms with van der Waals surface area (Å²) >= 11 is 0. The molecule has 17 nitrogen and oxygen atoms in total. The van der Waals surface area contributed by atoms with Crippen LogP contribution in [0.15, 0.2) is 0 Å². The number of unbranched alkanes of at least 4 members (excludes halogenated alkanes) is 53. The predicted octanol–water partition coefficient (Wildman–Crippen LogP) is 24.8. The largest absolute Gasteiger partial charge is 0.472 e. The van der Waals surface area contributed by atoms with E-state index >= 15 is 0 Å². The Morgan fingerprint density at radius 2 is 0.475 bits per heavy atom. The Hall–Kier alpha value is -1.94. The van der Waals surface area contributed by atoms with Gasteiger partial charge in [-0.25, -0.2) is 9.13 Å². The lowest BCUT2D eigenvalue weighted by Crippen LogP contribution is -2.30. The normalized spacial score (nSPS) is 14.1. The van der Waals surface area contributed by atoms with Crippen molar-refractivity contribution in [3.8, 4) is 0 Å². The van der Waals surface area contributed by atoms with Crippen molar-refractivity contribution in [2.24, 2.45) is 5.92 Å². The monoisotopic (exact) mass is 1480 g/mol. The van der Waals surface area contributed by atoms with Gasteiger partial charge in [-0.2, -0.15) is 0 Å². The average Bonchev–Trinajstić information content (AvgIpc) is 0.926. The first-order chi connectivity index (χ1) is 49.1. The molecule has 0 fully saturated rings. The molecule has 6 atom stereocenters. The van der Waals surface area contributed by atoms with Crippen LogP contribution in [0.4, 0.5) is 0 Å². The minimum atomic E-state index is -4.96. The number of phosphoric ester groups is 2. The number of phosphoric acid groups is 2. The molecule has 600 valence electrons. The molecule has 0 bridgehead atoms. The Morgan fingerprint density at radius 1 is 0.277 bits per heavy atom. The summed E-state index contributed by atoms with van der Waals surface area (Å²) in [5.74, 6) is -1.24. The van der Waals surface area contributed by atoms with Crippen LogP contribution in [0.25, 0.3) is 0 Å². The zero-order valence-electron chi connectivity index (χ0n) is 66.1. The highest BCUT2D eigenvalue weighted by atomic mass is 31.2. The number of aliphatic hydroxyl groups is 1. The fraction of sp³-hybridized carbons (Fsp3) is 0.951. The first-order valence-electron chi connectivity index (χ1n) is 42.7. The number of esters is 4. The summed E-state index contributed by atoms with van der Waals surface area (Å²) in [6.45, 7) is 7.36. The molecule has 0 aromatic rings. The second-order valence-electron chi connectivity index (χ2n) is 29.8. The van der Waals surface area contributed by atoms with Gasteiger partial charge in [-0.05, 0) is 31.6 Å². The molecule has 0 aliphatic rings. The number of ether oxygens (including phenoxy) is 4. The molecule has 0 heterocycles. The highest BCUT2D eigenvalue weighted by Gasteiger charge is 2.30. The third kappa shape index (κ3) is 74.7. The molecule has 0 aliphatic carbocycles. The van der Waals surface area contributed by atoms with E-state index in [4.69, 9.17) is 37.0 Å². The van der Waals surface area contributed by atoms with Gasteiger partial charge in [-0.3, -0.25) is 37.3 Å². The lowest BCUT2D eigenvalue weighted by molar-refractivity contribution is -0.161. The van der Waals surface area contributed by atoms with E-state index in [9.17, 15) is 43.2 Å². The Labute approximate surface area is 619 Å². The van der Waals surface area contributed by atoms with Crippen LogP contribution in [-0.2, 0) is 65.4 Å². The van der Waals surface area contributed by atoms with E-state index in [1.54, 1.807) is 0 Å². The van der Waals surface area contributed by atoms with Crippen molar-refractivity contribution in [1.82, 2.24) is 0 Å². The van der Waals surface area contributed by atoms with Crippen LogP contribution >= 0.6 is 15.6 Å². The van der Waals surface area contributed by atoms with Crippen LogP contribution in [0.5, 0.6) is 0 Å². The fourth-order valence-electron chi connectivity index (χ4n) is 12.7. The molecule has 101 heavy (non-hydrogen) atoms. The Bertz CT molecular complexity index is 1930. The van der Waals surface area contributed by atoms with Crippen molar-refractivity contribution < 1.29 is 80.2 Å². The number of hydrogen-bond donors (Lipinski definition) is 3. The summed E-state index contributed by atoms with van der Waals surface area (Å²) in [5, 5.41) is 10.6. The lowest BCUT2D eigenvalue weighted by Gasteiger charge is -2.21. The van der Waals surface area contributed by atoms with Gasteiger partial charge in [-0.1, -0.05) is 388 Å². The van der Waals surface area contributed by atoms with Crippen LogP contribution in [-0.4, -0.2) is 96.7 Å². The Balaban J connectivity index is 5.16. The number of aliphatic hydroxyl groups excluding tert-OH is 1. The van der Waals surface area contributed by atoms with Crippen molar-refractivity contribution in [2.75, 3.05) is 39.6 Å². The van der Waals surface area contributed by atoms with E-state index in [1.807, 2.05) is 0 Å². The summed E-state index contributed by atoms with van der Waals surface area (Å²) in [6, 6.07) is 0. The minimum absolute atomic E-state index is 0.107. The van der Waals surface area contributed by atoms with Gasteiger partial charge in [0, 0.05) is 25.7 Å². The Morgan fingerprint density at radius 3 is 0.703 bits per heavy atom. The number of rotatable bonds is 82. The molecule has 3 unspecified atom stereocenters.